The van der Waals surface area contributed by atoms with Crippen molar-refractivity contribution in [2.24, 2.45) is 4.99 Å². The summed E-state index contributed by atoms with van der Waals surface area (Å²) in [4.78, 5) is 32.5. The Morgan fingerprint density at radius 2 is 1.83 bits per heavy atom. The van der Waals surface area contributed by atoms with Gasteiger partial charge in [-0.2, -0.15) is 4.98 Å². The molecule has 0 N–H and O–H groups in total. The number of anilines is 1. The lowest BCUT2D eigenvalue weighted by molar-refractivity contribution is -0.117. The highest BCUT2D eigenvalue weighted by molar-refractivity contribution is 6.01. The fraction of sp³-hybridized carbons (Fsp3) is 0.357. The molecule has 0 saturated carbocycles. The third-order valence-electron chi connectivity index (χ3n) is 6.26. The van der Waals surface area contributed by atoms with Gasteiger partial charge in [0.05, 0.1) is 12.5 Å². The van der Waals surface area contributed by atoms with Crippen LogP contribution in [-0.2, 0) is 11.2 Å². The minimum atomic E-state index is -0.0690. The van der Waals surface area contributed by atoms with E-state index < -0.39 is 0 Å². The Kier molecular flexibility index (Phi) is 8.58. The summed E-state index contributed by atoms with van der Waals surface area (Å²) < 4.78 is 0. The standard InChI is InChI=1S/C28H36N6O/c1-8-25(23-12-10-9-11-13-23)34-26(35)18-24-19-29-28(31-27(24)34)30-21(4)14-15-22(5)33(7)17-16-32(6)20(2)3/h9-15,19,25H,2,5,8,16-18H2,1,3-4,6-7H3/b15-14-,30-21?. The molecule has 1 aromatic heterocycles. The lowest BCUT2D eigenvalue weighted by Crippen LogP contribution is -2.31. The molecule has 184 valence electrons. The van der Waals surface area contributed by atoms with Gasteiger partial charge in [0.25, 0.3) is 5.95 Å². The predicted molar refractivity (Wildman–Crippen MR) is 144 cm³/mol. The van der Waals surface area contributed by atoms with Crippen LogP contribution in [0.2, 0.25) is 0 Å². The quantitative estimate of drug-likeness (QED) is 0.337. The number of allylic oxidation sites excluding steroid dienone is 3. The SMILES string of the molecule is C=C(C)N(C)CCN(C)C(=C)/C=C\C(C)=Nc1ncc2c(n1)N(C(CC)c1ccccc1)C(=O)C2. The molecular weight excluding hydrogens is 436 g/mol. The van der Waals surface area contributed by atoms with E-state index in [0.717, 1.165) is 47.7 Å². The first kappa shape index (κ1) is 25.9. The molecular formula is C28H36N6O. The van der Waals surface area contributed by atoms with Crippen molar-refractivity contribution in [1.82, 2.24) is 19.8 Å². The van der Waals surface area contributed by atoms with Crippen LogP contribution < -0.4 is 4.90 Å². The number of carbonyl (C=O) groups excluding carboxylic acids is 1. The predicted octanol–water partition coefficient (Wildman–Crippen LogP) is 5.08. The van der Waals surface area contributed by atoms with Crippen molar-refractivity contribution < 1.29 is 4.79 Å². The highest BCUT2D eigenvalue weighted by Crippen LogP contribution is 2.36. The van der Waals surface area contributed by atoms with Gasteiger partial charge < -0.3 is 9.80 Å². The van der Waals surface area contributed by atoms with Crippen molar-refractivity contribution >= 4 is 23.4 Å². The molecule has 35 heavy (non-hydrogen) atoms. The fourth-order valence-electron chi connectivity index (χ4n) is 3.88. The fourth-order valence-corrected chi connectivity index (χ4v) is 3.88. The number of aromatic nitrogens is 2. The zero-order valence-electron chi connectivity index (χ0n) is 21.5. The summed E-state index contributed by atoms with van der Waals surface area (Å²) in [6.07, 6.45) is 6.66. The molecule has 0 spiro atoms. The third-order valence-corrected chi connectivity index (χ3v) is 6.26. The van der Waals surface area contributed by atoms with Crippen molar-refractivity contribution in [2.75, 3.05) is 32.1 Å². The molecule has 1 amide bonds. The molecule has 3 rings (SSSR count). The zero-order valence-corrected chi connectivity index (χ0v) is 21.5. The van der Waals surface area contributed by atoms with Gasteiger partial charge in [-0.05, 0) is 38.0 Å². The smallest absolute Gasteiger partial charge is 0.251 e. The summed E-state index contributed by atoms with van der Waals surface area (Å²) in [6.45, 7) is 15.8. The maximum absolute atomic E-state index is 12.9. The zero-order chi connectivity index (χ0) is 25.5. The Hall–Kier alpha value is -3.74. The lowest BCUT2D eigenvalue weighted by atomic mass is 10.0. The lowest BCUT2D eigenvalue weighted by Gasteiger charge is -2.27. The monoisotopic (exact) mass is 472 g/mol. The first-order valence-electron chi connectivity index (χ1n) is 11.9. The van der Waals surface area contributed by atoms with Crippen LogP contribution in [0.3, 0.4) is 0 Å². The number of fused-ring (bicyclic) bond motifs is 1. The van der Waals surface area contributed by atoms with E-state index in [1.165, 1.54) is 0 Å². The number of amides is 1. The second kappa shape index (κ2) is 11.6. The van der Waals surface area contributed by atoms with Crippen LogP contribution in [0.5, 0.6) is 0 Å². The van der Waals surface area contributed by atoms with Crippen LogP contribution in [0, 0.1) is 0 Å². The highest BCUT2D eigenvalue weighted by Gasteiger charge is 2.35. The van der Waals surface area contributed by atoms with E-state index in [9.17, 15) is 4.79 Å². The van der Waals surface area contributed by atoms with Crippen molar-refractivity contribution in [2.45, 2.75) is 39.7 Å². The van der Waals surface area contributed by atoms with Gasteiger partial charge in [-0.15, -0.1) is 0 Å². The van der Waals surface area contributed by atoms with E-state index in [4.69, 9.17) is 0 Å². The minimum absolute atomic E-state index is 0.0411. The molecule has 0 bridgehead atoms. The molecule has 1 aliphatic heterocycles. The van der Waals surface area contributed by atoms with E-state index in [2.05, 4.69) is 57.0 Å². The van der Waals surface area contributed by atoms with Crippen LogP contribution >= 0.6 is 0 Å². The van der Waals surface area contributed by atoms with Crippen LogP contribution in [0.4, 0.5) is 11.8 Å². The summed E-state index contributed by atoms with van der Waals surface area (Å²) in [6, 6.07) is 10.0. The summed E-state index contributed by atoms with van der Waals surface area (Å²) in [5, 5.41) is 0. The molecule has 0 radical (unpaired) electrons. The molecule has 1 atom stereocenters. The Balaban J connectivity index is 1.74. The van der Waals surface area contributed by atoms with Crippen molar-refractivity contribution in [1.29, 1.82) is 0 Å². The Morgan fingerprint density at radius 1 is 1.14 bits per heavy atom. The van der Waals surface area contributed by atoms with Crippen molar-refractivity contribution in [3.05, 3.63) is 84.4 Å². The van der Waals surface area contributed by atoms with Gasteiger partial charge in [-0.1, -0.05) is 50.4 Å². The van der Waals surface area contributed by atoms with Gasteiger partial charge in [-0.3, -0.25) is 9.69 Å². The Morgan fingerprint density at radius 3 is 2.49 bits per heavy atom. The van der Waals surface area contributed by atoms with Gasteiger partial charge in [0.15, 0.2) is 0 Å². The van der Waals surface area contributed by atoms with Gasteiger partial charge in [-0.25, -0.2) is 9.98 Å². The molecule has 2 aromatic rings. The number of likely N-dealkylation sites (N-methyl/N-ethyl adjacent to an activating group) is 2. The highest BCUT2D eigenvalue weighted by atomic mass is 16.2. The molecule has 2 heterocycles. The van der Waals surface area contributed by atoms with Gasteiger partial charge in [0.1, 0.15) is 5.82 Å². The molecule has 0 fully saturated rings. The second-order valence-electron chi connectivity index (χ2n) is 8.95. The minimum Gasteiger partial charge on any atom is -0.377 e. The Bertz CT molecular complexity index is 1140. The van der Waals surface area contributed by atoms with Gasteiger partial charge in [0, 0.05) is 56.1 Å². The number of rotatable bonds is 11. The van der Waals surface area contributed by atoms with E-state index in [1.54, 1.807) is 11.1 Å². The van der Waals surface area contributed by atoms with E-state index in [-0.39, 0.29) is 11.9 Å². The number of nitrogens with zero attached hydrogens (tertiary/aromatic N) is 6. The number of hydrogen-bond donors (Lipinski definition) is 0. The van der Waals surface area contributed by atoms with Crippen molar-refractivity contribution in [3.63, 3.8) is 0 Å². The normalized spacial score (nSPS) is 14.3. The maximum atomic E-state index is 12.9. The Labute approximate surface area is 209 Å². The van der Waals surface area contributed by atoms with Crippen molar-refractivity contribution in [3.8, 4) is 0 Å². The molecule has 7 nitrogen and oxygen atoms in total. The second-order valence-corrected chi connectivity index (χ2v) is 8.95. The number of hydrogen-bond acceptors (Lipinski definition) is 6. The number of carbonyl (C=O) groups is 1. The molecule has 1 aromatic carbocycles. The number of aliphatic imine (C=N–C) groups is 1. The van der Waals surface area contributed by atoms with Gasteiger partial charge >= 0.3 is 0 Å². The van der Waals surface area contributed by atoms with Crippen LogP contribution in [0.25, 0.3) is 0 Å². The van der Waals surface area contributed by atoms with E-state index >= 15 is 0 Å². The molecule has 1 unspecified atom stereocenters. The first-order valence-corrected chi connectivity index (χ1v) is 11.9. The number of benzene rings is 1. The topological polar surface area (TPSA) is 64.9 Å². The van der Waals surface area contributed by atoms with E-state index in [1.807, 2.05) is 58.3 Å². The molecule has 1 aliphatic rings. The third kappa shape index (κ3) is 6.44. The molecule has 7 heteroatoms. The summed E-state index contributed by atoms with van der Waals surface area (Å²) >= 11 is 0. The van der Waals surface area contributed by atoms with Gasteiger partial charge in [0.2, 0.25) is 5.91 Å². The van der Waals surface area contributed by atoms with Crippen LogP contribution in [0.15, 0.2) is 78.2 Å². The largest absolute Gasteiger partial charge is 0.377 e. The average Bonchev–Trinajstić information content (AvgIpc) is 3.17. The van der Waals surface area contributed by atoms with Crippen LogP contribution in [-0.4, -0.2) is 58.6 Å². The van der Waals surface area contributed by atoms with E-state index in [0.29, 0.717) is 18.2 Å². The molecule has 0 saturated heterocycles. The van der Waals surface area contributed by atoms with Crippen LogP contribution in [0.1, 0.15) is 44.4 Å². The maximum Gasteiger partial charge on any atom is 0.251 e. The summed E-state index contributed by atoms with van der Waals surface area (Å²) in [7, 11) is 4.04. The summed E-state index contributed by atoms with van der Waals surface area (Å²) in [5.41, 5.74) is 4.60. The summed E-state index contributed by atoms with van der Waals surface area (Å²) in [5.74, 6) is 1.04. The first-order chi connectivity index (χ1) is 16.7. The average molecular weight is 473 g/mol. The molecule has 0 aliphatic carbocycles.